The molecule has 0 radical (unpaired) electrons. The molecule has 0 aromatic heterocycles. The van der Waals surface area contributed by atoms with Gasteiger partial charge < -0.3 is 10.1 Å². The quantitative estimate of drug-likeness (QED) is 0.708. The van der Waals surface area contributed by atoms with E-state index in [0.717, 1.165) is 11.1 Å². The highest BCUT2D eigenvalue weighted by Gasteiger charge is 2.20. The Morgan fingerprint density at radius 3 is 2.32 bits per heavy atom. The first kappa shape index (κ1) is 18.4. The van der Waals surface area contributed by atoms with E-state index in [1.165, 1.54) is 14.0 Å². The van der Waals surface area contributed by atoms with Crippen molar-refractivity contribution in [2.24, 2.45) is 0 Å². The smallest absolute Gasteiger partial charge is 0.244 e. The second kappa shape index (κ2) is 8.14. The molecule has 124 valence electrons. The Balaban J connectivity index is 2.67. The maximum absolute atomic E-state index is 12.4. The molecule has 0 fully saturated rings. The van der Waals surface area contributed by atoms with Crippen LogP contribution < -0.4 is 14.8 Å². The summed E-state index contributed by atoms with van der Waals surface area (Å²) in [6.07, 6.45) is 1.36. The van der Waals surface area contributed by atoms with Gasteiger partial charge in [-0.3, -0.25) is 4.79 Å². The third kappa shape index (κ3) is 5.31. The van der Waals surface area contributed by atoms with E-state index in [0.29, 0.717) is 31.7 Å². The Labute approximate surface area is 132 Å². The first-order chi connectivity index (χ1) is 10.3. The van der Waals surface area contributed by atoms with E-state index < -0.39 is 10.0 Å². The molecule has 0 saturated heterocycles. The van der Waals surface area contributed by atoms with Crippen LogP contribution in [0.2, 0.25) is 0 Å². The van der Waals surface area contributed by atoms with Crippen LogP contribution in [-0.4, -0.2) is 34.5 Å². The predicted octanol–water partition coefficient (Wildman–Crippen LogP) is 1.51. The van der Waals surface area contributed by atoms with Crippen LogP contribution in [0.3, 0.4) is 0 Å². The third-order valence-electron chi connectivity index (χ3n) is 3.34. The molecule has 1 aromatic carbocycles. The lowest BCUT2D eigenvalue weighted by atomic mass is 10.1. The van der Waals surface area contributed by atoms with E-state index >= 15 is 0 Å². The van der Waals surface area contributed by atoms with Crippen LogP contribution in [0.15, 0.2) is 17.0 Å². The number of hydrogen-bond donors (Lipinski definition) is 2. The molecule has 0 heterocycles. The Morgan fingerprint density at radius 2 is 1.73 bits per heavy atom. The molecule has 22 heavy (non-hydrogen) atoms. The van der Waals surface area contributed by atoms with E-state index in [4.69, 9.17) is 4.74 Å². The van der Waals surface area contributed by atoms with E-state index in [1.807, 2.05) is 13.8 Å². The fraction of sp³-hybridized carbons (Fsp3) is 0.533. The lowest BCUT2D eigenvalue weighted by molar-refractivity contribution is -0.118. The summed E-state index contributed by atoms with van der Waals surface area (Å²) in [6, 6.07) is 3.34. The van der Waals surface area contributed by atoms with Crippen LogP contribution >= 0.6 is 0 Å². The van der Waals surface area contributed by atoms with Crippen LogP contribution in [0.25, 0.3) is 0 Å². The fourth-order valence-corrected chi connectivity index (χ4v) is 3.24. The number of rotatable bonds is 8. The second-order valence-electron chi connectivity index (χ2n) is 5.18. The highest BCUT2D eigenvalue weighted by Crippen LogP contribution is 2.27. The van der Waals surface area contributed by atoms with Gasteiger partial charge in [-0.1, -0.05) is 0 Å². The molecule has 0 bridgehead atoms. The number of aryl methyl sites for hydroxylation is 2. The van der Waals surface area contributed by atoms with Crippen molar-refractivity contribution in [1.82, 2.24) is 10.0 Å². The molecule has 0 aliphatic heterocycles. The Bertz CT molecular complexity index is 627. The van der Waals surface area contributed by atoms with Crippen molar-refractivity contribution in [3.63, 3.8) is 0 Å². The minimum absolute atomic E-state index is 0.0829. The van der Waals surface area contributed by atoms with Gasteiger partial charge in [0, 0.05) is 20.0 Å². The molecule has 1 rings (SSSR count). The van der Waals surface area contributed by atoms with Crippen molar-refractivity contribution in [2.45, 2.75) is 38.5 Å². The normalized spacial score (nSPS) is 11.3. The van der Waals surface area contributed by atoms with E-state index in [9.17, 15) is 13.2 Å². The predicted molar refractivity (Wildman–Crippen MR) is 85.6 cm³/mol. The Kier molecular flexibility index (Phi) is 6.83. The summed E-state index contributed by atoms with van der Waals surface area (Å²) in [5, 5.41) is 2.67. The molecule has 0 atom stereocenters. The SMILES string of the molecule is COc1cc(C)c(C)cc1S(=O)(=O)NCCCCNC(C)=O. The topological polar surface area (TPSA) is 84.5 Å². The first-order valence-corrected chi connectivity index (χ1v) is 8.65. The maximum atomic E-state index is 12.4. The van der Waals surface area contributed by atoms with Crippen molar-refractivity contribution in [3.8, 4) is 5.75 Å². The maximum Gasteiger partial charge on any atom is 0.244 e. The Hall–Kier alpha value is -1.60. The van der Waals surface area contributed by atoms with Crippen LogP contribution in [-0.2, 0) is 14.8 Å². The standard InChI is InChI=1S/C15H24N2O4S/c1-11-9-14(21-4)15(10-12(11)2)22(19,20)17-8-6-5-7-16-13(3)18/h9-10,17H,5-8H2,1-4H3,(H,16,18). The van der Waals surface area contributed by atoms with Crippen molar-refractivity contribution >= 4 is 15.9 Å². The minimum atomic E-state index is -3.61. The number of methoxy groups -OCH3 is 1. The van der Waals surface area contributed by atoms with Crippen molar-refractivity contribution in [2.75, 3.05) is 20.2 Å². The number of hydrogen-bond acceptors (Lipinski definition) is 4. The number of benzene rings is 1. The second-order valence-corrected chi connectivity index (χ2v) is 6.91. The zero-order chi connectivity index (χ0) is 16.8. The largest absolute Gasteiger partial charge is 0.495 e. The van der Waals surface area contributed by atoms with Gasteiger partial charge >= 0.3 is 0 Å². The number of carbonyl (C=O) groups is 1. The van der Waals surface area contributed by atoms with Gasteiger partial charge in [-0.15, -0.1) is 0 Å². The first-order valence-electron chi connectivity index (χ1n) is 7.17. The van der Waals surface area contributed by atoms with Gasteiger partial charge in [0.05, 0.1) is 7.11 Å². The number of amides is 1. The summed E-state index contributed by atoms with van der Waals surface area (Å²) in [5.41, 5.74) is 1.87. The van der Waals surface area contributed by atoms with Crippen molar-refractivity contribution in [3.05, 3.63) is 23.3 Å². The molecule has 2 N–H and O–H groups in total. The van der Waals surface area contributed by atoms with E-state index in [1.54, 1.807) is 12.1 Å². The van der Waals surface area contributed by atoms with Gasteiger partial charge in [0.15, 0.2) is 0 Å². The van der Waals surface area contributed by atoms with Crippen LogP contribution in [0, 0.1) is 13.8 Å². The molecule has 7 heteroatoms. The summed E-state index contributed by atoms with van der Waals surface area (Å²) < 4.78 is 32.4. The van der Waals surface area contributed by atoms with Gasteiger partial charge in [0.1, 0.15) is 10.6 Å². The molecule has 0 spiro atoms. The van der Waals surface area contributed by atoms with E-state index in [2.05, 4.69) is 10.0 Å². The van der Waals surface area contributed by atoms with Gasteiger partial charge in [-0.05, 0) is 49.9 Å². The molecular formula is C15H24N2O4S. The summed E-state index contributed by atoms with van der Waals surface area (Å²) in [6.45, 7) is 6.08. The molecule has 1 amide bonds. The summed E-state index contributed by atoms with van der Waals surface area (Å²) >= 11 is 0. The number of nitrogens with one attached hydrogen (secondary N) is 2. The van der Waals surface area contributed by atoms with Gasteiger partial charge in [0.2, 0.25) is 15.9 Å². The highest BCUT2D eigenvalue weighted by atomic mass is 32.2. The highest BCUT2D eigenvalue weighted by molar-refractivity contribution is 7.89. The fourth-order valence-electron chi connectivity index (χ4n) is 1.93. The molecule has 6 nitrogen and oxygen atoms in total. The number of carbonyl (C=O) groups excluding carboxylic acids is 1. The molecular weight excluding hydrogens is 304 g/mol. The van der Waals surface area contributed by atoms with Crippen molar-refractivity contribution < 1.29 is 17.9 Å². The van der Waals surface area contributed by atoms with Crippen LogP contribution in [0.5, 0.6) is 5.75 Å². The van der Waals surface area contributed by atoms with Gasteiger partial charge in [-0.25, -0.2) is 13.1 Å². The molecule has 0 unspecified atom stereocenters. The summed E-state index contributed by atoms with van der Waals surface area (Å²) in [5.74, 6) is 0.259. The lowest BCUT2D eigenvalue weighted by Crippen LogP contribution is -2.27. The molecule has 1 aromatic rings. The monoisotopic (exact) mass is 328 g/mol. The minimum Gasteiger partial charge on any atom is -0.495 e. The average molecular weight is 328 g/mol. The average Bonchev–Trinajstić information content (AvgIpc) is 2.44. The molecule has 0 aliphatic carbocycles. The molecule has 0 aliphatic rings. The van der Waals surface area contributed by atoms with Crippen molar-refractivity contribution in [1.29, 1.82) is 0 Å². The van der Waals surface area contributed by atoms with Crippen LogP contribution in [0.1, 0.15) is 30.9 Å². The number of ether oxygens (including phenoxy) is 1. The third-order valence-corrected chi connectivity index (χ3v) is 4.82. The van der Waals surface area contributed by atoms with E-state index in [-0.39, 0.29) is 10.8 Å². The Morgan fingerprint density at radius 1 is 1.14 bits per heavy atom. The number of unbranched alkanes of at least 4 members (excludes halogenated alkanes) is 1. The molecule has 0 saturated carbocycles. The lowest BCUT2D eigenvalue weighted by Gasteiger charge is -2.13. The van der Waals surface area contributed by atoms with Gasteiger partial charge in [-0.2, -0.15) is 0 Å². The zero-order valence-corrected chi connectivity index (χ0v) is 14.3. The van der Waals surface area contributed by atoms with Crippen LogP contribution in [0.4, 0.5) is 0 Å². The summed E-state index contributed by atoms with van der Waals surface area (Å²) in [7, 11) is -2.15. The number of sulfonamides is 1. The summed E-state index contributed by atoms with van der Waals surface area (Å²) in [4.78, 5) is 10.9. The zero-order valence-electron chi connectivity index (χ0n) is 13.5. The van der Waals surface area contributed by atoms with Gasteiger partial charge in [0.25, 0.3) is 0 Å².